The Labute approximate surface area is 107 Å². The van der Waals surface area contributed by atoms with E-state index in [2.05, 4.69) is 30.6 Å². The van der Waals surface area contributed by atoms with Crippen LogP contribution < -0.4 is 0 Å². The number of benzene rings is 1. The standard InChI is InChI=1S/C15H14ClN/c1-10(2)12-6-7-13(11(3)9-12)15-14(16)5-4-8-17-15/h4-9H,1H2,2-3H3. The van der Waals surface area contributed by atoms with Crippen molar-refractivity contribution < 1.29 is 0 Å². The molecule has 1 aromatic carbocycles. The Bertz CT molecular complexity index is 573. The second kappa shape index (κ2) is 4.72. The van der Waals surface area contributed by atoms with E-state index in [-0.39, 0.29) is 0 Å². The summed E-state index contributed by atoms with van der Waals surface area (Å²) in [5.74, 6) is 0. The minimum absolute atomic E-state index is 0.679. The maximum absolute atomic E-state index is 6.15. The zero-order valence-electron chi connectivity index (χ0n) is 10.00. The molecule has 2 aromatic rings. The fourth-order valence-corrected chi connectivity index (χ4v) is 2.00. The maximum atomic E-state index is 6.15. The lowest BCUT2D eigenvalue weighted by Gasteiger charge is -2.09. The number of nitrogens with zero attached hydrogens (tertiary/aromatic N) is 1. The van der Waals surface area contributed by atoms with Gasteiger partial charge in [0.2, 0.25) is 0 Å². The van der Waals surface area contributed by atoms with Gasteiger partial charge in [0.05, 0.1) is 10.7 Å². The monoisotopic (exact) mass is 243 g/mol. The summed E-state index contributed by atoms with van der Waals surface area (Å²) >= 11 is 6.15. The van der Waals surface area contributed by atoms with Crippen molar-refractivity contribution >= 4 is 17.2 Å². The van der Waals surface area contributed by atoms with Crippen LogP contribution in [0.5, 0.6) is 0 Å². The maximum Gasteiger partial charge on any atom is 0.0890 e. The van der Waals surface area contributed by atoms with Crippen LogP contribution >= 0.6 is 11.6 Å². The molecule has 86 valence electrons. The first-order chi connectivity index (χ1) is 8.09. The molecule has 1 aromatic heterocycles. The highest BCUT2D eigenvalue weighted by Crippen LogP contribution is 2.29. The largest absolute Gasteiger partial charge is 0.255 e. The Morgan fingerprint density at radius 3 is 2.65 bits per heavy atom. The van der Waals surface area contributed by atoms with Crippen LogP contribution in [0.15, 0.2) is 43.1 Å². The van der Waals surface area contributed by atoms with Gasteiger partial charge >= 0.3 is 0 Å². The van der Waals surface area contributed by atoms with Gasteiger partial charge in [0.1, 0.15) is 0 Å². The molecule has 0 saturated carbocycles. The lowest BCUT2D eigenvalue weighted by Crippen LogP contribution is -1.89. The van der Waals surface area contributed by atoms with Gasteiger partial charge < -0.3 is 0 Å². The quantitative estimate of drug-likeness (QED) is 0.742. The van der Waals surface area contributed by atoms with Crippen molar-refractivity contribution in [2.45, 2.75) is 13.8 Å². The number of hydrogen-bond acceptors (Lipinski definition) is 1. The first-order valence-corrected chi connectivity index (χ1v) is 5.85. The van der Waals surface area contributed by atoms with Crippen LogP contribution in [0.3, 0.4) is 0 Å². The molecule has 0 bridgehead atoms. The zero-order chi connectivity index (χ0) is 12.4. The highest BCUT2D eigenvalue weighted by Gasteiger charge is 2.07. The van der Waals surface area contributed by atoms with Crippen molar-refractivity contribution in [3.63, 3.8) is 0 Å². The van der Waals surface area contributed by atoms with Crippen molar-refractivity contribution in [1.82, 2.24) is 4.98 Å². The highest BCUT2D eigenvalue weighted by atomic mass is 35.5. The molecule has 0 aliphatic heterocycles. The number of rotatable bonds is 2. The summed E-state index contributed by atoms with van der Waals surface area (Å²) < 4.78 is 0. The van der Waals surface area contributed by atoms with E-state index < -0.39 is 0 Å². The molecular weight excluding hydrogens is 230 g/mol. The van der Waals surface area contributed by atoms with Gasteiger partial charge in [-0.2, -0.15) is 0 Å². The summed E-state index contributed by atoms with van der Waals surface area (Å²) in [5, 5.41) is 0.679. The summed E-state index contributed by atoms with van der Waals surface area (Å²) in [6.45, 7) is 8.01. The van der Waals surface area contributed by atoms with Gasteiger partial charge in [-0.25, -0.2) is 0 Å². The van der Waals surface area contributed by atoms with Crippen LogP contribution in [0.1, 0.15) is 18.1 Å². The summed E-state index contributed by atoms with van der Waals surface area (Å²) in [5.41, 5.74) is 5.27. The summed E-state index contributed by atoms with van der Waals surface area (Å²) in [4.78, 5) is 4.33. The molecular formula is C15H14ClN. The van der Waals surface area contributed by atoms with Crippen molar-refractivity contribution in [1.29, 1.82) is 0 Å². The van der Waals surface area contributed by atoms with Gasteiger partial charge in [-0.3, -0.25) is 4.98 Å². The number of halogens is 1. The minimum Gasteiger partial charge on any atom is -0.255 e. The Balaban J connectivity index is 2.55. The fraction of sp³-hybridized carbons (Fsp3) is 0.133. The van der Waals surface area contributed by atoms with E-state index in [1.807, 2.05) is 25.1 Å². The fourth-order valence-electron chi connectivity index (χ4n) is 1.78. The van der Waals surface area contributed by atoms with E-state index >= 15 is 0 Å². The number of allylic oxidation sites excluding steroid dienone is 1. The SMILES string of the molecule is C=C(C)c1ccc(-c2ncccc2Cl)c(C)c1. The van der Waals surface area contributed by atoms with E-state index in [4.69, 9.17) is 11.6 Å². The minimum atomic E-state index is 0.679. The molecule has 0 aliphatic carbocycles. The average Bonchev–Trinajstić information content (AvgIpc) is 2.30. The highest BCUT2D eigenvalue weighted by molar-refractivity contribution is 6.33. The molecule has 0 atom stereocenters. The molecule has 0 amide bonds. The first-order valence-electron chi connectivity index (χ1n) is 5.47. The predicted molar refractivity (Wildman–Crippen MR) is 74.1 cm³/mol. The van der Waals surface area contributed by atoms with Crippen molar-refractivity contribution in [3.05, 3.63) is 59.3 Å². The van der Waals surface area contributed by atoms with Crippen molar-refractivity contribution in [2.24, 2.45) is 0 Å². The molecule has 0 unspecified atom stereocenters. The van der Waals surface area contributed by atoms with Gasteiger partial charge in [-0.05, 0) is 37.1 Å². The summed E-state index contributed by atoms with van der Waals surface area (Å²) in [6, 6.07) is 9.91. The molecule has 1 nitrogen and oxygen atoms in total. The zero-order valence-corrected chi connectivity index (χ0v) is 10.8. The average molecular weight is 244 g/mol. The van der Waals surface area contributed by atoms with Crippen LogP contribution in [0, 0.1) is 6.92 Å². The third-order valence-electron chi connectivity index (χ3n) is 2.73. The molecule has 0 fully saturated rings. The van der Waals surface area contributed by atoms with Gasteiger partial charge in [0.25, 0.3) is 0 Å². The van der Waals surface area contributed by atoms with Gasteiger partial charge in [-0.15, -0.1) is 0 Å². The van der Waals surface area contributed by atoms with E-state index in [9.17, 15) is 0 Å². The van der Waals surface area contributed by atoms with E-state index in [1.165, 1.54) is 0 Å². The second-order valence-electron chi connectivity index (χ2n) is 4.14. The number of aryl methyl sites for hydroxylation is 1. The number of aromatic nitrogens is 1. The Morgan fingerprint density at radius 1 is 1.29 bits per heavy atom. The van der Waals surface area contributed by atoms with Crippen LogP contribution in [0.4, 0.5) is 0 Å². The molecule has 0 radical (unpaired) electrons. The third kappa shape index (κ3) is 2.40. The Morgan fingerprint density at radius 2 is 2.06 bits per heavy atom. The normalized spacial score (nSPS) is 10.3. The summed E-state index contributed by atoms with van der Waals surface area (Å²) in [6.07, 6.45) is 1.76. The molecule has 1 heterocycles. The van der Waals surface area contributed by atoms with Gasteiger partial charge in [0, 0.05) is 11.8 Å². The van der Waals surface area contributed by atoms with E-state index in [0.29, 0.717) is 5.02 Å². The van der Waals surface area contributed by atoms with Crippen molar-refractivity contribution in [2.75, 3.05) is 0 Å². The predicted octanol–water partition coefficient (Wildman–Crippen LogP) is 4.74. The summed E-state index contributed by atoms with van der Waals surface area (Å²) in [7, 11) is 0. The molecule has 0 aliphatic rings. The Hall–Kier alpha value is -1.60. The lowest BCUT2D eigenvalue weighted by atomic mass is 9.99. The van der Waals surface area contributed by atoms with E-state index in [0.717, 1.165) is 28.0 Å². The Kier molecular flexibility index (Phi) is 3.30. The van der Waals surface area contributed by atoms with Crippen LogP contribution in [-0.2, 0) is 0 Å². The van der Waals surface area contributed by atoms with Crippen molar-refractivity contribution in [3.8, 4) is 11.3 Å². The molecule has 0 N–H and O–H groups in total. The molecule has 2 rings (SSSR count). The molecule has 0 saturated heterocycles. The van der Waals surface area contributed by atoms with Gasteiger partial charge in [0.15, 0.2) is 0 Å². The number of hydrogen-bond donors (Lipinski definition) is 0. The molecule has 0 spiro atoms. The van der Waals surface area contributed by atoms with Crippen LogP contribution in [0.25, 0.3) is 16.8 Å². The van der Waals surface area contributed by atoms with Crippen LogP contribution in [0.2, 0.25) is 5.02 Å². The molecule has 17 heavy (non-hydrogen) atoms. The smallest absolute Gasteiger partial charge is 0.0890 e. The molecule has 2 heteroatoms. The van der Waals surface area contributed by atoms with E-state index in [1.54, 1.807) is 6.20 Å². The van der Waals surface area contributed by atoms with Gasteiger partial charge in [-0.1, -0.05) is 42.0 Å². The van der Waals surface area contributed by atoms with Crippen LogP contribution in [-0.4, -0.2) is 4.98 Å². The lowest BCUT2D eigenvalue weighted by molar-refractivity contribution is 1.30. The second-order valence-corrected chi connectivity index (χ2v) is 4.55. The first kappa shape index (κ1) is 11.9. The third-order valence-corrected chi connectivity index (χ3v) is 3.04. The topological polar surface area (TPSA) is 12.9 Å². The number of pyridine rings is 1.